The van der Waals surface area contributed by atoms with Gasteiger partial charge in [0.15, 0.2) is 0 Å². The van der Waals surface area contributed by atoms with Crippen LogP contribution in [0.25, 0.3) is 0 Å². The number of anilines is 1. The van der Waals surface area contributed by atoms with Gasteiger partial charge in [-0.05, 0) is 48.0 Å². The van der Waals surface area contributed by atoms with Crippen LogP contribution in [0.1, 0.15) is 23.6 Å². The first-order valence-corrected chi connectivity index (χ1v) is 10.4. The number of nitrogens with zero attached hydrogens (tertiary/aromatic N) is 2. The van der Waals surface area contributed by atoms with Crippen LogP contribution in [0.4, 0.5) is 10.1 Å². The summed E-state index contributed by atoms with van der Waals surface area (Å²) in [6.07, 6.45) is 0.486. The number of hydrogen-bond donors (Lipinski definition) is 2. The molecule has 148 valence electrons. The third kappa shape index (κ3) is 3.85. The van der Waals surface area contributed by atoms with Crippen molar-refractivity contribution in [2.75, 3.05) is 5.01 Å². The number of phenolic OH excluding ortho intramolecular Hbond substituents is 1. The van der Waals surface area contributed by atoms with Gasteiger partial charge < -0.3 is 5.11 Å². The molecule has 3 N–H and O–H groups in total. The minimum atomic E-state index is -3.80. The van der Waals surface area contributed by atoms with E-state index in [9.17, 15) is 17.9 Å². The molecule has 0 bridgehead atoms. The van der Waals surface area contributed by atoms with Crippen LogP contribution in [0.15, 0.2) is 82.8 Å². The molecule has 1 aliphatic rings. The molecule has 29 heavy (non-hydrogen) atoms. The molecule has 0 aromatic heterocycles. The maximum Gasteiger partial charge on any atom is 0.238 e. The van der Waals surface area contributed by atoms with Gasteiger partial charge in [0, 0.05) is 12.0 Å². The lowest BCUT2D eigenvalue weighted by Crippen LogP contribution is -2.19. The molecule has 1 atom stereocenters. The lowest BCUT2D eigenvalue weighted by atomic mass is 9.97. The Kier molecular flexibility index (Phi) is 4.81. The molecule has 0 saturated heterocycles. The summed E-state index contributed by atoms with van der Waals surface area (Å²) in [6.45, 7) is 0. The van der Waals surface area contributed by atoms with E-state index in [1.165, 1.54) is 24.3 Å². The minimum absolute atomic E-state index is 0.00212. The lowest BCUT2D eigenvalue weighted by Gasteiger charge is -2.24. The number of sulfonamides is 1. The quantitative estimate of drug-likeness (QED) is 0.686. The van der Waals surface area contributed by atoms with E-state index in [1.54, 1.807) is 41.4 Å². The van der Waals surface area contributed by atoms with Gasteiger partial charge in [0.25, 0.3) is 0 Å². The van der Waals surface area contributed by atoms with E-state index in [0.717, 1.165) is 11.3 Å². The first-order chi connectivity index (χ1) is 13.8. The molecule has 8 heteroatoms. The summed E-state index contributed by atoms with van der Waals surface area (Å²) < 4.78 is 36.4. The first-order valence-electron chi connectivity index (χ1n) is 8.86. The van der Waals surface area contributed by atoms with Crippen molar-refractivity contribution in [3.63, 3.8) is 0 Å². The Morgan fingerprint density at radius 1 is 1.00 bits per heavy atom. The van der Waals surface area contributed by atoms with E-state index < -0.39 is 10.0 Å². The molecule has 3 aromatic carbocycles. The summed E-state index contributed by atoms with van der Waals surface area (Å²) in [5.41, 5.74) is 2.83. The zero-order valence-corrected chi connectivity index (χ0v) is 16.1. The number of para-hydroxylation sites is 1. The van der Waals surface area contributed by atoms with Gasteiger partial charge in [0.2, 0.25) is 10.0 Å². The molecule has 3 aromatic rings. The Labute approximate surface area is 167 Å². The Morgan fingerprint density at radius 3 is 2.28 bits per heavy atom. The molecule has 0 fully saturated rings. The molecular formula is C21H18FN3O3S. The number of hydrogen-bond acceptors (Lipinski definition) is 5. The summed E-state index contributed by atoms with van der Waals surface area (Å²) in [5.74, 6) is -0.195. The van der Waals surface area contributed by atoms with Crippen LogP contribution in [0.2, 0.25) is 0 Å². The molecule has 1 heterocycles. The van der Waals surface area contributed by atoms with Gasteiger partial charge in [-0.1, -0.05) is 30.3 Å². The summed E-state index contributed by atoms with van der Waals surface area (Å²) in [4.78, 5) is 0.00212. The van der Waals surface area contributed by atoms with E-state index in [2.05, 4.69) is 5.10 Å². The van der Waals surface area contributed by atoms with Gasteiger partial charge in [-0.2, -0.15) is 5.10 Å². The van der Waals surface area contributed by atoms with Crippen LogP contribution in [-0.2, 0) is 10.0 Å². The Morgan fingerprint density at radius 2 is 1.66 bits per heavy atom. The van der Waals surface area contributed by atoms with E-state index in [1.807, 2.05) is 12.1 Å². The van der Waals surface area contributed by atoms with Crippen LogP contribution < -0.4 is 10.1 Å². The van der Waals surface area contributed by atoms with Crippen molar-refractivity contribution >= 4 is 21.4 Å². The third-order valence-electron chi connectivity index (χ3n) is 4.81. The van der Waals surface area contributed by atoms with E-state index >= 15 is 0 Å². The number of phenols is 1. The van der Waals surface area contributed by atoms with Crippen molar-refractivity contribution in [2.24, 2.45) is 10.2 Å². The van der Waals surface area contributed by atoms with Crippen LogP contribution in [-0.4, -0.2) is 19.2 Å². The fraction of sp³-hybridized carbons (Fsp3) is 0.0952. The van der Waals surface area contributed by atoms with Crippen molar-refractivity contribution in [3.8, 4) is 5.75 Å². The molecule has 0 amide bonds. The topological polar surface area (TPSA) is 96.0 Å². The number of benzene rings is 3. The van der Waals surface area contributed by atoms with E-state index in [-0.39, 0.29) is 22.5 Å². The van der Waals surface area contributed by atoms with E-state index in [4.69, 9.17) is 5.14 Å². The number of rotatable bonds is 4. The van der Waals surface area contributed by atoms with Gasteiger partial charge >= 0.3 is 0 Å². The van der Waals surface area contributed by atoms with Crippen molar-refractivity contribution in [2.45, 2.75) is 17.4 Å². The van der Waals surface area contributed by atoms with Crippen molar-refractivity contribution in [1.29, 1.82) is 0 Å². The molecular weight excluding hydrogens is 393 g/mol. The molecule has 0 radical (unpaired) electrons. The fourth-order valence-electron chi connectivity index (χ4n) is 3.37. The zero-order valence-electron chi connectivity index (χ0n) is 15.2. The largest absolute Gasteiger partial charge is 0.508 e. The summed E-state index contributed by atoms with van der Waals surface area (Å²) in [7, 11) is -3.80. The highest BCUT2D eigenvalue weighted by molar-refractivity contribution is 7.89. The lowest BCUT2D eigenvalue weighted by molar-refractivity contribution is 0.461. The highest BCUT2D eigenvalue weighted by atomic mass is 32.2. The van der Waals surface area contributed by atoms with Crippen molar-refractivity contribution in [1.82, 2.24) is 0 Å². The zero-order chi connectivity index (χ0) is 20.6. The molecule has 1 aliphatic heterocycles. The van der Waals surface area contributed by atoms with Gasteiger partial charge in [0.1, 0.15) is 11.6 Å². The maximum atomic E-state index is 13.3. The van der Waals surface area contributed by atoms with Gasteiger partial charge in [-0.25, -0.2) is 17.9 Å². The van der Waals surface area contributed by atoms with Crippen molar-refractivity contribution in [3.05, 3.63) is 89.7 Å². The average Bonchev–Trinajstić information content (AvgIpc) is 3.13. The molecule has 0 saturated carbocycles. The predicted molar refractivity (Wildman–Crippen MR) is 109 cm³/mol. The Hall–Kier alpha value is -3.23. The first kappa shape index (κ1) is 19.1. The Balaban J connectivity index is 1.77. The smallest absolute Gasteiger partial charge is 0.238 e. The van der Waals surface area contributed by atoms with Gasteiger partial charge in [0.05, 0.1) is 22.3 Å². The number of primary sulfonamides is 1. The number of aromatic hydroxyl groups is 1. The van der Waals surface area contributed by atoms with Crippen molar-refractivity contribution < 1.29 is 17.9 Å². The summed E-state index contributed by atoms with van der Waals surface area (Å²) in [5, 5.41) is 21.9. The SMILES string of the molecule is NS(=O)(=O)c1ccc(N2N=C(c3ccc(F)cc3)CC2c2ccccc2O)cc1. The maximum absolute atomic E-state index is 13.3. The number of halogens is 1. The van der Waals surface area contributed by atoms with E-state index in [0.29, 0.717) is 17.7 Å². The Bertz CT molecular complexity index is 1180. The van der Waals surface area contributed by atoms with Gasteiger partial charge in [-0.15, -0.1) is 0 Å². The summed E-state index contributed by atoms with van der Waals surface area (Å²) >= 11 is 0. The second kappa shape index (κ2) is 7.31. The normalized spacial score (nSPS) is 16.7. The number of nitrogens with two attached hydrogens (primary N) is 1. The highest BCUT2D eigenvalue weighted by Gasteiger charge is 2.31. The minimum Gasteiger partial charge on any atom is -0.508 e. The predicted octanol–water partition coefficient (Wildman–Crippen LogP) is 3.53. The van der Waals surface area contributed by atoms with Crippen LogP contribution in [0.3, 0.4) is 0 Å². The summed E-state index contributed by atoms with van der Waals surface area (Å²) in [6, 6.07) is 18.8. The van der Waals surface area contributed by atoms with Gasteiger partial charge in [-0.3, -0.25) is 5.01 Å². The number of hydrazone groups is 1. The van der Waals surface area contributed by atoms with Crippen LogP contribution >= 0.6 is 0 Å². The fourth-order valence-corrected chi connectivity index (χ4v) is 3.88. The second-order valence-corrected chi connectivity index (χ2v) is 8.28. The highest BCUT2D eigenvalue weighted by Crippen LogP contribution is 2.40. The average molecular weight is 411 g/mol. The molecule has 6 nitrogen and oxygen atoms in total. The second-order valence-electron chi connectivity index (χ2n) is 6.72. The van der Waals surface area contributed by atoms with Crippen LogP contribution in [0, 0.1) is 5.82 Å². The monoisotopic (exact) mass is 411 g/mol. The molecule has 4 rings (SSSR count). The van der Waals surface area contributed by atoms with Crippen LogP contribution in [0.5, 0.6) is 5.75 Å². The third-order valence-corrected chi connectivity index (χ3v) is 5.74. The standard InChI is InChI=1S/C21H18FN3O3S/c22-15-7-5-14(6-8-15)19-13-20(18-3-1-2-4-21(18)26)25(24-19)16-9-11-17(12-10-16)29(23,27)28/h1-12,20,26H,13H2,(H2,23,27,28). The molecule has 0 aliphatic carbocycles. The molecule has 1 unspecified atom stereocenters. The molecule has 0 spiro atoms.